The van der Waals surface area contributed by atoms with Crippen LogP contribution in [0.2, 0.25) is 0 Å². The highest BCUT2D eigenvalue weighted by molar-refractivity contribution is 8.02. The van der Waals surface area contributed by atoms with E-state index in [4.69, 9.17) is 0 Å². The summed E-state index contributed by atoms with van der Waals surface area (Å²) in [4.78, 5) is 47.6. The van der Waals surface area contributed by atoms with Crippen LogP contribution < -0.4 is 0 Å². The number of aromatic nitrogens is 3. The molecule has 3 aliphatic heterocycles. The van der Waals surface area contributed by atoms with Gasteiger partial charge in [0.2, 0.25) is 17.7 Å². The lowest BCUT2D eigenvalue weighted by molar-refractivity contribution is -0.145. The first-order chi connectivity index (χ1) is 19.4. The Balaban J connectivity index is 1.50. The molecule has 3 aliphatic rings. The Morgan fingerprint density at radius 1 is 1.20 bits per heavy atom. The summed E-state index contributed by atoms with van der Waals surface area (Å²) in [5.74, 6) is -1.41. The van der Waals surface area contributed by atoms with Crippen LogP contribution in [0.15, 0.2) is 49.6 Å². The van der Waals surface area contributed by atoms with E-state index in [1.807, 2.05) is 31.2 Å². The summed E-state index contributed by atoms with van der Waals surface area (Å²) in [6.07, 6.45) is 6.04. The molecule has 2 unspecified atom stereocenters. The van der Waals surface area contributed by atoms with E-state index in [1.165, 1.54) is 0 Å². The van der Waals surface area contributed by atoms with Gasteiger partial charge in [-0.15, -0.1) is 30.0 Å². The van der Waals surface area contributed by atoms with E-state index in [9.17, 15) is 19.5 Å². The van der Waals surface area contributed by atoms with E-state index in [0.717, 1.165) is 23.9 Å². The molecule has 2 aromatic rings. The number of thioether (sulfide) groups is 1. The van der Waals surface area contributed by atoms with Crippen LogP contribution in [0.5, 0.6) is 0 Å². The molecule has 5 rings (SSSR count). The quantitative estimate of drug-likeness (QED) is 0.371. The Hall–Kier alpha value is -3.18. The van der Waals surface area contributed by atoms with Crippen LogP contribution in [0.25, 0.3) is 11.0 Å². The van der Waals surface area contributed by atoms with Gasteiger partial charge in [-0.2, -0.15) is 0 Å². The monoisotopic (exact) mass is 566 g/mol. The molecular weight excluding hydrogens is 528 g/mol. The number of carbonyl (C=O) groups is 3. The summed E-state index contributed by atoms with van der Waals surface area (Å²) >= 11 is 1.66. The minimum atomic E-state index is -0.738. The Morgan fingerprint density at radius 2 is 1.95 bits per heavy atom. The molecule has 0 aliphatic carbocycles. The molecule has 0 saturated carbocycles. The number of hydrogen-bond donors (Lipinski definition) is 1. The predicted molar refractivity (Wildman–Crippen MR) is 154 cm³/mol. The van der Waals surface area contributed by atoms with Crippen LogP contribution in [0.1, 0.15) is 32.6 Å². The van der Waals surface area contributed by atoms with Gasteiger partial charge in [0.1, 0.15) is 18.2 Å². The summed E-state index contributed by atoms with van der Waals surface area (Å²) in [7, 11) is 0. The summed E-state index contributed by atoms with van der Waals surface area (Å²) in [6.45, 7) is 11.3. The molecule has 0 radical (unpaired) electrons. The van der Waals surface area contributed by atoms with Gasteiger partial charge >= 0.3 is 0 Å². The molecule has 5 atom stereocenters. The fourth-order valence-corrected chi connectivity index (χ4v) is 9.06. The Bertz CT molecular complexity index is 1300. The molecule has 1 aromatic carbocycles. The van der Waals surface area contributed by atoms with Gasteiger partial charge in [-0.25, -0.2) is 4.68 Å². The Morgan fingerprint density at radius 3 is 2.67 bits per heavy atom. The molecule has 2 bridgehead atoms. The molecule has 3 saturated heterocycles. The van der Waals surface area contributed by atoms with Crippen molar-refractivity contribution in [1.29, 1.82) is 0 Å². The summed E-state index contributed by atoms with van der Waals surface area (Å²) in [6, 6.07) is 6.82. The molecule has 4 heterocycles. The first-order valence-corrected chi connectivity index (χ1v) is 15.0. The van der Waals surface area contributed by atoms with E-state index in [-0.39, 0.29) is 49.3 Å². The van der Waals surface area contributed by atoms with E-state index >= 15 is 0 Å². The number of aliphatic hydroxyl groups excluding tert-OH is 1. The average molecular weight is 567 g/mol. The SMILES string of the molecule is C=CCN(Cn1nnc2ccccc21)C(=O)C1N(CCCO)C(=O)[C@@H]2[C@H](C(=O)N(CC=C)CCC)[C@@H]3CCC12S3. The molecule has 3 fully saturated rings. The van der Waals surface area contributed by atoms with Crippen LogP contribution >= 0.6 is 11.8 Å². The number of likely N-dealkylation sites (tertiary alicyclic amines) is 1. The lowest BCUT2D eigenvalue weighted by Gasteiger charge is -2.37. The van der Waals surface area contributed by atoms with Crippen molar-refractivity contribution in [2.24, 2.45) is 11.8 Å². The maximum Gasteiger partial charge on any atom is 0.248 e. The van der Waals surface area contributed by atoms with Gasteiger partial charge in [-0.3, -0.25) is 14.4 Å². The van der Waals surface area contributed by atoms with Crippen molar-refractivity contribution in [2.45, 2.75) is 55.3 Å². The first kappa shape index (κ1) is 28.4. The van der Waals surface area contributed by atoms with Gasteiger partial charge in [0.25, 0.3) is 0 Å². The van der Waals surface area contributed by atoms with Crippen molar-refractivity contribution < 1.29 is 19.5 Å². The second-order valence-electron chi connectivity index (χ2n) is 10.8. The Kier molecular flexibility index (Phi) is 8.32. The first-order valence-electron chi connectivity index (χ1n) is 14.1. The molecule has 40 heavy (non-hydrogen) atoms. The molecule has 1 aromatic heterocycles. The normalized spacial score (nSPS) is 26.8. The van der Waals surface area contributed by atoms with E-state index < -0.39 is 22.6 Å². The zero-order chi connectivity index (χ0) is 28.4. The zero-order valence-electron chi connectivity index (χ0n) is 23.0. The van der Waals surface area contributed by atoms with Gasteiger partial charge in [-0.05, 0) is 37.8 Å². The highest BCUT2D eigenvalue weighted by Crippen LogP contribution is 2.66. The van der Waals surface area contributed by atoms with Crippen LogP contribution in [0.3, 0.4) is 0 Å². The molecule has 1 N–H and O–H groups in total. The summed E-state index contributed by atoms with van der Waals surface area (Å²) in [5, 5.41) is 18.1. The lowest BCUT2D eigenvalue weighted by Crippen LogP contribution is -2.55. The number of rotatable bonds is 13. The molecule has 214 valence electrons. The fraction of sp³-hybridized carbons (Fsp3) is 0.552. The minimum Gasteiger partial charge on any atom is -0.396 e. The van der Waals surface area contributed by atoms with Crippen molar-refractivity contribution in [3.8, 4) is 0 Å². The summed E-state index contributed by atoms with van der Waals surface area (Å²) < 4.78 is 0.995. The molecule has 11 heteroatoms. The lowest BCUT2D eigenvalue weighted by atomic mass is 9.70. The van der Waals surface area contributed by atoms with Crippen LogP contribution in [0.4, 0.5) is 0 Å². The van der Waals surface area contributed by atoms with E-state index in [2.05, 4.69) is 23.5 Å². The number of nitrogens with zero attached hydrogens (tertiary/aromatic N) is 6. The van der Waals surface area contributed by atoms with Crippen molar-refractivity contribution in [1.82, 2.24) is 29.7 Å². The van der Waals surface area contributed by atoms with Gasteiger partial charge in [0, 0.05) is 38.0 Å². The topological polar surface area (TPSA) is 112 Å². The molecule has 10 nitrogen and oxygen atoms in total. The fourth-order valence-electron chi connectivity index (χ4n) is 6.85. The van der Waals surface area contributed by atoms with Gasteiger partial charge < -0.3 is 19.8 Å². The second kappa shape index (κ2) is 11.7. The third kappa shape index (κ3) is 4.62. The van der Waals surface area contributed by atoms with Crippen LogP contribution in [0, 0.1) is 11.8 Å². The van der Waals surface area contributed by atoms with Gasteiger partial charge in [0.05, 0.1) is 22.1 Å². The number of aliphatic hydroxyl groups is 1. The largest absolute Gasteiger partial charge is 0.396 e. The predicted octanol–water partition coefficient (Wildman–Crippen LogP) is 2.30. The van der Waals surface area contributed by atoms with Gasteiger partial charge in [0.15, 0.2) is 0 Å². The maximum absolute atomic E-state index is 14.5. The number of fused-ring (bicyclic) bond motifs is 2. The van der Waals surface area contributed by atoms with Crippen molar-refractivity contribution in [3.63, 3.8) is 0 Å². The molecule has 1 spiro atoms. The maximum atomic E-state index is 14.5. The van der Waals surface area contributed by atoms with Gasteiger partial charge in [-0.1, -0.05) is 36.4 Å². The molecular formula is C29H38N6O4S. The van der Waals surface area contributed by atoms with Crippen LogP contribution in [-0.2, 0) is 21.1 Å². The highest BCUT2D eigenvalue weighted by atomic mass is 32.2. The Labute approximate surface area is 239 Å². The van der Waals surface area contributed by atoms with Crippen molar-refractivity contribution in [2.75, 3.05) is 32.8 Å². The zero-order valence-corrected chi connectivity index (χ0v) is 23.8. The number of hydrogen-bond acceptors (Lipinski definition) is 7. The smallest absolute Gasteiger partial charge is 0.248 e. The minimum absolute atomic E-state index is 0.00646. The van der Waals surface area contributed by atoms with Crippen LogP contribution in [-0.4, -0.2) is 101 Å². The number of para-hydroxylation sites is 1. The standard InChI is InChI=1S/C29H38N6O4S/c1-4-14-32(15-5-2)26(37)23-22-12-13-29(40-22)24(23)27(38)34(17-9-18-36)25(29)28(39)33(16-6-3)19-35-21-11-8-7-10-20(21)30-31-35/h4,6-8,10-11,22-25,36H,1,3,5,9,12-19H2,2H3/t22-,23+,24-,25?,29?/m0/s1. The van der Waals surface area contributed by atoms with E-state index in [0.29, 0.717) is 25.9 Å². The second-order valence-corrected chi connectivity index (χ2v) is 12.4. The van der Waals surface area contributed by atoms with Crippen molar-refractivity contribution >= 4 is 40.5 Å². The van der Waals surface area contributed by atoms with Crippen molar-refractivity contribution in [3.05, 3.63) is 49.6 Å². The summed E-state index contributed by atoms with van der Waals surface area (Å²) in [5.41, 5.74) is 1.54. The average Bonchev–Trinajstić information content (AvgIpc) is 3.70. The molecule has 3 amide bonds. The van der Waals surface area contributed by atoms with E-state index in [1.54, 1.807) is 43.3 Å². The third-order valence-corrected chi connectivity index (χ3v) is 10.4. The number of carbonyl (C=O) groups excluding carboxylic acids is 3. The highest BCUT2D eigenvalue weighted by Gasteiger charge is 2.74. The third-order valence-electron chi connectivity index (χ3n) is 8.42. The number of benzene rings is 1. The number of amides is 3.